The highest BCUT2D eigenvalue weighted by atomic mass is 16.4. The van der Waals surface area contributed by atoms with E-state index in [9.17, 15) is 4.79 Å². The minimum Gasteiger partial charge on any atom is -0.478 e. The topological polar surface area (TPSA) is 37.3 Å². The summed E-state index contributed by atoms with van der Waals surface area (Å²) in [6.45, 7) is 11.8. The van der Waals surface area contributed by atoms with Gasteiger partial charge in [-0.05, 0) is 89.0 Å². The molecule has 0 bridgehead atoms. The van der Waals surface area contributed by atoms with Crippen molar-refractivity contribution in [2.45, 2.75) is 77.0 Å². The van der Waals surface area contributed by atoms with Crippen LogP contribution in [0.2, 0.25) is 0 Å². The summed E-state index contributed by atoms with van der Waals surface area (Å²) in [5.41, 5.74) is 9.29. The smallest absolute Gasteiger partial charge is 0.335 e. The minimum absolute atomic E-state index is 0.221. The van der Waals surface area contributed by atoms with Crippen LogP contribution < -0.4 is 0 Å². The number of hydrogen-bond donors (Lipinski definition) is 1. The summed E-state index contributed by atoms with van der Waals surface area (Å²) < 4.78 is 0. The second-order valence-electron chi connectivity index (χ2n) is 10.2. The molecule has 2 heteroatoms. The number of hydrogen-bond acceptors (Lipinski definition) is 1. The predicted octanol–water partition coefficient (Wildman–Crippen LogP) is 7.00. The van der Waals surface area contributed by atoms with Gasteiger partial charge in [-0.25, -0.2) is 4.79 Å². The van der Waals surface area contributed by atoms with Crippen LogP contribution in [0.5, 0.6) is 0 Å². The Balaban J connectivity index is 1.70. The van der Waals surface area contributed by atoms with Gasteiger partial charge in [0.05, 0.1) is 5.56 Å². The van der Waals surface area contributed by atoms with E-state index in [-0.39, 0.29) is 10.8 Å². The third-order valence-electron chi connectivity index (χ3n) is 7.26. The minimum atomic E-state index is -0.866. The number of carboxylic acids is 1. The first kappa shape index (κ1) is 19.9. The summed E-state index contributed by atoms with van der Waals surface area (Å²) in [4.78, 5) is 11.1. The van der Waals surface area contributed by atoms with Crippen LogP contribution in [0.25, 0.3) is 5.57 Å². The van der Waals surface area contributed by atoms with Gasteiger partial charge in [0, 0.05) is 5.92 Å². The number of benzene rings is 2. The van der Waals surface area contributed by atoms with Crippen LogP contribution in [-0.4, -0.2) is 11.1 Å². The van der Waals surface area contributed by atoms with E-state index in [0.717, 1.165) is 12.8 Å². The van der Waals surface area contributed by atoms with E-state index < -0.39 is 5.97 Å². The molecular weight excluding hydrogens is 356 g/mol. The van der Waals surface area contributed by atoms with Gasteiger partial charge in [-0.2, -0.15) is 0 Å². The van der Waals surface area contributed by atoms with Gasteiger partial charge in [0.15, 0.2) is 0 Å². The standard InChI is InChI=1S/C27H32O2/c1-17-14-23-24(27(4,5)13-12-26(23,2)3)16-22(17)21-11-10-20(15-21)18-6-8-19(9-7-18)25(28)29/h6-9,14-16,20H,10-13H2,1-5H3,(H,28,29). The van der Waals surface area contributed by atoms with Gasteiger partial charge in [0.1, 0.15) is 0 Å². The Morgan fingerprint density at radius 1 is 0.966 bits per heavy atom. The highest BCUT2D eigenvalue weighted by Crippen LogP contribution is 2.48. The highest BCUT2D eigenvalue weighted by molar-refractivity contribution is 5.87. The van der Waals surface area contributed by atoms with Crippen molar-refractivity contribution in [1.82, 2.24) is 0 Å². The second kappa shape index (κ2) is 6.86. The zero-order chi connectivity index (χ0) is 21.0. The molecule has 0 aromatic heterocycles. The van der Waals surface area contributed by atoms with Crippen LogP contribution in [0.3, 0.4) is 0 Å². The molecule has 2 aliphatic carbocycles. The van der Waals surface area contributed by atoms with Crippen LogP contribution in [0, 0.1) is 6.92 Å². The van der Waals surface area contributed by atoms with Crippen molar-refractivity contribution in [3.05, 3.63) is 75.9 Å². The zero-order valence-electron chi connectivity index (χ0n) is 18.3. The van der Waals surface area contributed by atoms with Gasteiger partial charge in [-0.1, -0.05) is 58.0 Å². The Kier molecular flexibility index (Phi) is 4.72. The molecule has 152 valence electrons. The first-order chi connectivity index (χ1) is 13.6. The van der Waals surface area contributed by atoms with Crippen molar-refractivity contribution < 1.29 is 9.90 Å². The Morgan fingerprint density at radius 3 is 2.14 bits per heavy atom. The van der Waals surface area contributed by atoms with Gasteiger partial charge in [0.2, 0.25) is 0 Å². The molecule has 0 radical (unpaired) electrons. The summed E-state index contributed by atoms with van der Waals surface area (Å²) in [5, 5.41) is 9.13. The average molecular weight is 389 g/mol. The van der Waals surface area contributed by atoms with Crippen molar-refractivity contribution in [2.24, 2.45) is 0 Å². The second-order valence-corrected chi connectivity index (χ2v) is 10.2. The molecule has 2 aromatic rings. The number of rotatable bonds is 3. The van der Waals surface area contributed by atoms with Crippen LogP contribution in [0.15, 0.2) is 42.5 Å². The van der Waals surface area contributed by atoms with Gasteiger partial charge < -0.3 is 5.11 Å². The summed E-state index contributed by atoms with van der Waals surface area (Å²) >= 11 is 0. The molecule has 0 aliphatic heterocycles. The van der Waals surface area contributed by atoms with E-state index in [1.54, 1.807) is 12.1 Å². The van der Waals surface area contributed by atoms with Crippen LogP contribution >= 0.6 is 0 Å². The maximum atomic E-state index is 11.1. The SMILES string of the molecule is Cc1cc2c(cc1C1=CC(c3ccc(C(=O)O)cc3)CC1)C(C)(C)CCC2(C)C. The van der Waals surface area contributed by atoms with Crippen molar-refractivity contribution in [1.29, 1.82) is 0 Å². The largest absolute Gasteiger partial charge is 0.478 e. The number of allylic oxidation sites excluding steroid dienone is 2. The van der Waals surface area contributed by atoms with Crippen LogP contribution in [-0.2, 0) is 10.8 Å². The third kappa shape index (κ3) is 3.54. The molecule has 29 heavy (non-hydrogen) atoms. The molecule has 0 saturated carbocycles. The lowest BCUT2D eigenvalue weighted by Crippen LogP contribution is -2.34. The van der Waals surface area contributed by atoms with Gasteiger partial charge in [-0.15, -0.1) is 0 Å². The van der Waals surface area contributed by atoms with Crippen LogP contribution in [0.1, 0.15) is 97.5 Å². The van der Waals surface area contributed by atoms with E-state index in [2.05, 4.69) is 52.8 Å². The first-order valence-corrected chi connectivity index (χ1v) is 10.8. The molecule has 2 nitrogen and oxygen atoms in total. The molecule has 2 aromatic carbocycles. The number of carbonyl (C=O) groups is 1. The fourth-order valence-corrected chi connectivity index (χ4v) is 5.15. The summed E-state index contributed by atoms with van der Waals surface area (Å²) in [6, 6.07) is 12.3. The fraction of sp³-hybridized carbons (Fsp3) is 0.444. The molecular formula is C27H32O2. The molecule has 1 unspecified atom stereocenters. The molecule has 1 atom stereocenters. The quantitative estimate of drug-likeness (QED) is 0.614. The molecule has 0 amide bonds. The Bertz CT molecular complexity index is 990. The van der Waals surface area contributed by atoms with Gasteiger partial charge in [-0.3, -0.25) is 0 Å². The van der Waals surface area contributed by atoms with Crippen LogP contribution in [0.4, 0.5) is 0 Å². The summed E-state index contributed by atoms with van der Waals surface area (Å²) in [6.07, 6.45) is 7.05. The lowest BCUT2D eigenvalue weighted by Gasteiger charge is -2.42. The maximum Gasteiger partial charge on any atom is 0.335 e. The monoisotopic (exact) mass is 388 g/mol. The van der Waals surface area contributed by atoms with Crippen molar-refractivity contribution >= 4 is 11.5 Å². The number of fused-ring (bicyclic) bond motifs is 1. The van der Waals surface area contributed by atoms with Gasteiger partial charge >= 0.3 is 5.97 Å². The maximum absolute atomic E-state index is 11.1. The van der Waals surface area contributed by atoms with Crippen molar-refractivity contribution in [3.63, 3.8) is 0 Å². The molecule has 0 heterocycles. The van der Waals surface area contributed by atoms with Crippen molar-refractivity contribution in [2.75, 3.05) is 0 Å². The molecule has 4 rings (SSSR count). The Labute approximate surface area is 174 Å². The lowest BCUT2D eigenvalue weighted by atomic mass is 9.62. The zero-order valence-corrected chi connectivity index (χ0v) is 18.3. The van der Waals surface area contributed by atoms with E-state index >= 15 is 0 Å². The van der Waals surface area contributed by atoms with Crippen molar-refractivity contribution in [3.8, 4) is 0 Å². The molecule has 0 saturated heterocycles. The molecule has 0 spiro atoms. The number of aryl methyl sites for hydroxylation is 1. The summed E-state index contributed by atoms with van der Waals surface area (Å²) in [7, 11) is 0. The molecule has 0 fully saturated rings. The highest BCUT2D eigenvalue weighted by Gasteiger charge is 2.37. The van der Waals surface area contributed by atoms with E-state index in [1.807, 2.05) is 12.1 Å². The number of aromatic carboxylic acids is 1. The first-order valence-electron chi connectivity index (χ1n) is 10.8. The predicted molar refractivity (Wildman–Crippen MR) is 120 cm³/mol. The fourth-order valence-electron chi connectivity index (χ4n) is 5.15. The Hall–Kier alpha value is -2.35. The summed E-state index contributed by atoms with van der Waals surface area (Å²) in [5.74, 6) is -0.498. The van der Waals surface area contributed by atoms with E-state index in [1.165, 1.54) is 46.2 Å². The average Bonchev–Trinajstić information content (AvgIpc) is 3.15. The Morgan fingerprint density at radius 2 is 1.55 bits per heavy atom. The van der Waals surface area contributed by atoms with Gasteiger partial charge in [0.25, 0.3) is 0 Å². The lowest BCUT2D eigenvalue weighted by molar-refractivity contribution is 0.0697. The number of carboxylic acid groups (broad SMARTS) is 1. The molecule has 1 N–H and O–H groups in total. The molecule has 2 aliphatic rings. The van der Waals surface area contributed by atoms with E-state index in [4.69, 9.17) is 5.11 Å². The normalized spacial score (nSPS) is 22.1. The third-order valence-corrected chi connectivity index (χ3v) is 7.26. The van der Waals surface area contributed by atoms with E-state index in [0.29, 0.717) is 11.5 Å².